The van der Waals surface area contributed by atoms with E-state index in [1.165, 1.54) is 7.11 Å². The van der Waals surface area contributed by atoms with Crippen molar-refractivity contribution < 1.29 is 17.9 Å². The van der Waals surface area contributed by atoms with Gasteiger partial charge in [0.25, 0.3) is 0 Å². The van der Waals surface area contributed by atoms with Crippen LogP contribution in [0.2, 0.25) is 0 Å². The summed E-state index contributed by atoms with van der Waals surface area (Å²) in [6, 6.07) is -0.959. The predicted molar refractivity (Wildman–Crippen MR) is 79.1 cm³/mol. The van der Waals surface area contributed by atoms with Gasteiger partial charge < -0.3 is 9.30 Å². The van der Waals surface area contributed by atoms with Gasteiger partial charge in [-0.25, -0.2) is 18.1 Å². The van der Waals surface area contributed by atoms with E-state index in [1.54, 1.807) is 24.1 Å². The van der Waals surface area contributed by atoms with Gasteiger partial charge in [0.1, 0.15) is 6.04 Å². The van der Waals surface area contributed by atoms with E-state index >= 15 is 0 Å². The van der Waals surface area contributed by atoms with Crippen LogP contribution in [0.1, 0.15) is 26.0 Å². The second-order valence-electron chi connectivity index (χ2n) is 5.22. The Hall–Kier alpha value is -1.41. The number of nitrogens with one attached hydrogen (secondary N) is 1. The van der Waals surface area contributed by atoms with Crippen molar-refractivity contribution in [3.05, 3.63) is 18.2 Å². The first-order valence-corrected chi connectivity index (χ1v) is 8.47. The highest BCUT2D eigenvalue weighted by atomic mass is 32.2. The summed E-state index contributed by atoms with van der Waals surface area (Å²) in [6.07, 6.45) is 4.24. The number of hydrogen-bond acceptors (Lipinski definition) is 5. The largest absolute Gasteiger partial charge is 0.468 e. The zero-order valence-corrected chi connectivity index (χ0v) is 13.7. The topological polar surface area (TPSA) is 90.3 Å². The summed E-state index contributed by atoms with van der Waals surface area (Å²) < 4.78 is 33.0. The Morgan fingerprint density at radius 3 is 2.67 bits per heavy atom. The van der Waals surface area contributed by atoms with Gasteiger partial charge in [-0.3, -0.25) is 4.79 Å². The molecule has 0 aliphatic carbocycles. The quantitative estimate of drug-likeness (QED) is 0.704. The van der Waals surface area contributed by atoms with E-state index in [2.05, 4.69) is 14.4 Å². The van der Waals surface area contributed by atoms with Crippen LogP contribution in [0, 0.1) is 5.92 Å². The Balaban J connectivity index is 2.81. The number of aromatic nitrogens is 2. The average molecular weight is 317 g/mol. The second-order valence-corrected chi connectivity index (χ2v) is 7.02. The van der Waals surface area contributed by atoms with E-state index in [-0.39, 0.29) is 18.1 Å². The average Bonchev–Trinajstić information content (AvgIpc) is 2.81. The highest BCUT2D eigenvalue weighted by Gasteiger charge is 2.27. The summed E-state index contributed by atoms with van der Waals surface area (Å²) in [5.41, 5.74) is 0.624. The number of rotatable bonds is 8. The monoisotopic (exact) mass is 317 g/mol. The molecule has 0 aliphatic rings. The van der Waals surface area contributed by atoms with E-state index in [0.29, 0.717) is 5.69 Å². The van der Waals surface area contributed by atoms with E-state index in [9.17, 15) is 13.2 Å². The normalized spacial score (nSPS) is 14.7. The van der Waals surface area contributed by atoms with Crippen LogP contribution in [0.15, 0.2) is 12.5 Å². The Morgan fingerprint density at radius 2 is 2.19 bits per heavy atom. The summed E-state index contributed by atoms with van der Waals surface area (Å²) in [5.74, 6) is -0.608. The molecule has 0 aromatic carbocycles. The Morgan fingerprint density at radius 1 is 1.52 bits per heavy atom. The Kier molecular flexibility index (Phi) is 6.35. The van der Waals surface area contributed by atoms with Crippen molar-refractivity contribution in [3.8, 4) is 0 Å². The van der Waals surface area contributed by atoms with Crippen molar-refractivity contribution in [2.45, 2.75) is 32.7 Å². The summed E-state index contributed by atoms with van der Waals surface area (Å²) in [6.45, 7) is 3.77. The van der Waals surface area contributed by atoms with Gasteiger partial charge >= 0.3 is 5.97 Å². The van der Waals surface area contributed by atoms with Crippen LogP contribution in [0.4, 0.5) is 0 Å². The minimum atomic E-state index is -3.55. The van der Waals surface area contributed by atoms with Crippen LogP contribution >= 0.6 is 0 Å². The highest BCUT2D eigenvalue weighted by molar-refractivity contribution is 7.89. The Bertz CT molecular complexity index is 568. The zero-order valence-electron chi connectivity index (χ0n) is 12.9. The molecule has 0 radical (unpaired) electrons. The van der Waals surface area contributed by atoms with Crippen molar-refractivity contribution in [2.75, 3.05) is 12.9 Å². The van der Waals surface area contributed by atoms with Gasteiger partial charge in [-0.2, -0.15) is 0 Å². The summed E-state index contributed by atoms with van der Waals surface area (Å²) in [5, 5.41) is 0. The number of esters is 1. The van der Waals surface area contributed by atoms with Crippen LogP contribution in [0.5, 0.6) is 0 Å². The van der Waals surface area contributed by atoms with E-state index < -0.39 is 22.0 Å². The number of ether oxygens (including phenoxy) is 1. The first-order valence-electron chi connectivity index (χ1n) is 6.82. The van der Waals surface area contributed by atoms with Gasteiger partial charge in [0.15, 0.2) is 0 Å². The predicted octanol–water partition coefficient (Wildman–Crippen LogP) is 0.470. The third kappa shape index (κ3) is 5.84. The SMILES string of the molecule is CCC(C)CS(=O)(=O)N[C@@H](Cc1cn(C)cn1)C(=O)OC. The van der Waals surface area contributed by atoms with Crippen molar-refractivity contribution in [3.63, 3.8) is 0 Å². The molecule has 1 heterocycles. The molecular weight excluding hydrogens is 294 g/mol. The number of aryl methyl sites for hydroxylation is 1. The molecule has 0 saturated heterocycles. The molecule has 0 aliphatic heterocycles. The molecule has 7 nitrogen and oxygen atoms in total. The molecule has 1 N–H and O–H groups in total. The van der Waals surface area contributed by atoms with Gasteiger partial charge in [0, 0.05) is 19.7 Å². The van der Waals surface area contributed by atoms with Gasteiger partial charge in [-0.1, -0.05) is 20.3 Å². The van der Waals surface area contributed by atoms with Crippen LogP contribution in [-0.4, -0.2) is 42.8 Å². The second kappa shape index (κ2) is 7.56. The number of hydrogen-bond donors (Lipinski definition) is 1. The molecule has 1 unspecified atom stereocenters. The first kappa shape index (κ1) is 17.6. The third-order valence-electron chi connectivity index (χ3n) is 3.18. The lowest BCUT2D eigenvalue weighted by Crippen LogP contribution is -2.44. The fourth-order valence-electron chi connectivity index (χ4n) is 1.85. The maximum atomic E-state index is 12.1. The number of methoxy groups -OCH3 is 1. The molecule has 0 saturated carbocycles. The van der Waals surface area contributed by atoms with Crippen molar-refractivity contribution in [1.29, 1.82) is 0 Å². The van der Waals surface area contributed by atoms with Crippen LogP contribution < -0.4 is 4.72 Å². The van der Waals surface area contributed by atoms with Gasteiger partial charge in [0.05, 0.1) is 24.9 Å². The molecule has 1 aromatic rings. The highest BCUT2D eigenvalue weighted by Crippen LogP contribution is 2.08. The summed E-state index contributed by atoms with van der Waals surface area (Å²) >= 11 is 0. The number of sulfonamides is 1. The molecule has 0 fully saturated rings. The molecule has 8 heteroatoms. The zero-order chi connectivity index (χ0) is 16.0. The van der Waals surface area contributed by atoms with Crippen molar-refractivity contribution in [1.82, 2.24) is 14.3 Å². The Labute approximate surface area is 125 Å². The lowest BCUT2D eigenvalue weighted by atomic mass is 10.2. The number of carbonyl (C=O) groups is 1. The number of imidazole rings is 1. The molecular formula is C13H23N3O4S. The molecule has 21 heavy (non-hydrogen) atoms. The van der Waals surface area contributed by atoms with E-state index in [1.807, 2.05) is 13.8 Å². The lowest BCUT2D eigenvalue weighted by Gasteiger charge is -2.17. The van der Waals surface area contributed by atoms with E-state index in [4.69, 9.17) is 0 Å². The summed E-state index contributed by atoms with van der Waals surface area (Å²) in [4.78, 5) is 15.9. The van der Waals surface area contributed by atoms with Gasteiger partial charge in [-0.05, 0) is 5.92 Å². The smallest absolute Gasteiger partial charge is 0.324 e. The van der Waals surface area contributed by atoms with Crippen LogP contribution in [0.25, 0.3) is 0 Å². The minimum absolute atomic E-state index is 0.0147. The molecule has 1 aromatic heterocycles. The minimum Gasteiger partial charge on any atom is -0.468 e. The van der Waals surface area contributed by atoms with Crippen molar-refractivity contribution >= 4 is 16.0 Å². The van der Waals surface area contributed by atoms with Crippen molar-refractivity contribution in [2.24, 2.45) is 13.0 Å². The van der Waals surface area contributed by atoms with Gasteiger partial charge in [-0.15, -0.1) is 0 Å². The molecule has 0 bridgehead atoms. The van der Waals surface area contributed by atoms with Crippen LogP contribution in [-0.2, 0) is 33.0 Å². The fraction of sp³-hybridized carbons (Fsp3) is 0.692. The number of carbonyl (C=O) groups excluding carboxylic acids is 1. The molecule has 120 valence electrons. The first-order chi connectivity index (χ1) is 9.77. The van der Waals surface area contributed by atoms with Crippen LogP contribution in [0.3, 0.4) is 0 Å². The molecule has 0 spiro atoms. The molecule has 1 rings (SSSR count). The molecule has 0 amide bonds. The fourth-order valence-corrected chi connectivity index (χ4v) is 3.55. The summed E-state index contributed by atoms with van der Waals surface area (Å²) in [7, 11) is -0.511. The maximum Gasteiger partial charge on any atom is 0.324 e. The molecule has 2 atom stereocenters. The van der Waals surface area contributed by atoms with E-state index in [0.717, 1.165) is 6.42 Å². The third-order valence-corrected chi connectivity index (χ3v) is 4.83. The maximum absolute atomic E-state index is 12.1. The lowest BCUT2D eigenvalue weighted by molar-refractivity contribution is -0.142. The van der Waals surface area contributed by atoms with Gasteiger partial charge in [0.2, 0.25) is 10.0 Å². The number of nitrogens with zero attached hydrogens (tertiary/aromatic N) is 2. The standard InChI is InChI=1S/C13H23N3O4S/c1-5-10(2)8-21(18,19)15-12(13(17)20-4)6-11-7-16(3)9-14-11/h7,9-10,12,15H,5-6,8H2,1-4H3/t10?,12-/m0/s1.